The average molecular weight is 284 g/mol. The lowest BCUT2D eigenvalue weighted by molar-refractivity contribution is 0.0959. The van der Waals surface area contributed by atoms with E-state index < -0.39 is 11.5 Å². The summed E-state index contributed by atoms with van der Waals surface area (Å²) in [4.78, 5) is 23.3. The average Bonchev–Trinajstić information content (AvgIpc) is 2.45. The SMILES string of the molecule is CNC(=O)c1cc2c(ccc3c(C)cc(=O)oc32)oc1=N. The number of amides is 1. The fourth-order valence-electron chi connectivity index (χ4n) is 2.29. The molecular weight excluding hydrogens is 272 g/mol. The molecule has 3 rings (SSSR count). The van der Waals surface area contributed by atoms with Gasteiger partial charge in [0.2, 0.25) is 5.55 Å². The predicted octanol–water partition coefficient (Wildman–Crippen LogP) is 1.69. The first-order chi connectivity index (χ1) is 10.0. The van der Waals surface area contributed by atoms with Crippen LogP contribution in [0, 0.1) is 12.3 Å². The second-order valence-electron chi connectivity index (χ2n) is 4.67. The number of rotatable bonds is 1. The van der Waals surface area contributed by atoms with Crippen molar-refractivity contribution < 1.29 is 13.6 Å². The summed E-state index contributed by atoms with van der Waals surface area (Å²) >= 11 is 0. The molecule has 106 valence electrons. The number of aryl methyl sites for hydroxylation is 1. The topological polar surface area (TPSA) is 96.3 Å². The minimum absolute atomic E-state index is 0.0849. The third-order valence-electron chi connectivity index (χ3n) is 3.33. The van der Waals surface area contributed by atoms with Crippen LogP contribution in [-0.2, 0) is 0 Å². The molecule has 2 heterocycles. The summed E-state index contributed by atoms with van der Waals surface area (Å²) < 4.78 is 10.6. The van der Waals surface area contributed by atoms with E-state index >= 15 is 0 Å². The molecule has 0 unspecified atom stereocenters. The predicted molar refractivity (Wildman–Crippen MR) is 76.2 cm³/mol. The number of hydrogen-bond donors (Lipinski definition) is 2. The Kier molecular flexibility index (Phi) is 2.86. The highest BCUT2D eigenvalue weighted by Gasteiger charge is 2.14. The van der Waals surface area contributed by atoms with E-state index in [0.29, 0.717) is 16.6 Å². The maximum Gasteiger partial charge on any atom is 0.336 e. The van der Waals surface area contributed by atoms with Crippen molar-refractivity contribution in [2.75, 3.05) is 7.05 Å². The highest BCUT2D eigenvalue weighted by atomic mass is 16.4. The Morgan fingerprint density at radius 2 is 1.95 bits per heavy atom. The lowest BCUT2D eigenvalue weighted by Gasteiger charge is -2.06. The monoisotopic (exact) mass is 284 g/mol. The van der Waals surface area contributed by atoms with Crippen LogP contribution in [0.2, 0.25) is 0 Å². The number of carbonyl (C=O) groups is 1. The van der Waals surface area contributed by atoms with Crippen LogP contribution >= 0.6 is 0 Å². The quantitative estimate of drug-likeness (QED) is 0.525. The zero-order valence-electron chi connectivity index (χ0n) is 11.4. The number of hydrogen-bond acceptors (Lipinski definition) is 5. The van der Waals surface area contributed by atoms with Crippen molar-refractivity contribution in [3.63, 3.8) is 0 Å². The molecule has 3 aromatic rings. The van der Waals surface area contributed by atoms with E-state index in [1.165, 1.54) is 19.2 Å². The Morgan fingerprint density at radius 3 is 2.67 bits per heavy atom. The van der Waals surface area contributed by atoms with Crippen molar-refractivity contribution >= 4 is 27.8 Å². The van der Waals surface area contributed by atoms with Crippen molar-refractivity contribution in [2.45, 2.75) is 6.92 Å². The molecule has 0 aliphatic carbocycles. The van der Waals surface area contributed by atoms with Gasteiger partial charge in [-0.2, -0.15) is 0 Å². The summed E-state index contributed by atoms with van der Waals surface area (Å²) in [5.74, 6) is -0.433. The van der Waals surface area contributed by atoms with Gasteiger partial charge < -0.3 is 14.2 Å². The van der Waals surface area contributed by atoms with Gasteiger partial charge in [0.25, 0.3) is 5.91 Å². The van der Waals surface area contributed by atoms with Crippen molar-refractivity contribution in [3.8, 4) is 0 Å². The summed E-state index contributed by atoms with van der Waals surface area (Å²) in [5, 5.41) is 11.5. The van der Waals surface area contributed by atoms with Gasteiger partial charge in [0.15, 0.2) is 0 Å². The summed E-state index contributed by atoms with van der Waals surface area (Å²) in [6.45, 7) is 1.81. The summed E-state index contributed by atoms with van der Waals surface area (Å²) in [7, 11) is 1.47. The third kappa shape index (κ3) is 2.01. The maximum atomic E-state index is 11.8. The molecule has 0 fully saturated rings. The number of fused-ring (bicyclic) bond motifs is 3. The number of benzene rings is 1. The number of nitrogens with one attached hydrogen (secondary N) is 2. The van der Waals surface area contributed by atoms with Crippen molar-refractivity contribution in [3.05, 3.63) is 51.4 Å². The van der Waals surface area contributed by atoms with E-state index in [9.17, 15) is 9.59 Å². The highest BCUT2D eigenvalue weighted by molar-refractivity contribution is 6.05. The Bertz CT molecular complexity index is 998. The Balaban J connectivity index is 2.51. The summed E-state index contributed by atoms with van der Waals surface area (Å²) in [6.07, 6.45) is 0. The van der Waals surface area contributed by atoms with E-state index in [4.69, 9.17) is 14.2 Å². The second kappa shape index (κ2) is 4.59. The molecule has 1 amide bonds. The third-order valence-corrected chi connectivity index (χ3v) is 3.33. The van der Waals surface area contributed by atoms with E-state index in [1.807, 2.05) is 0 Å². The van der Waals surface area contributed by atoms with Crippen LogP contribution in [0.15, 0.2) is 37.9 Å². The van der Waals surface area contributed by atoms with Crippen molar-refractivity contribution in [1.82, 2.24) is 5.32 Å². The van der Waals surface area contributed by atoms with Gasteiger partial charge in [-0.05, 0) is 30.7 Å². The smallest absolute Gasteiger partial charge is 0.336 e. The van der Waals surface area contributed by atoms with E-state index in [1.54, 1.807) is 19.1 Å². The molecule has 0 saturated heterocycles. The van der Waals surface area contributed by atoms with Gasteiger partial charge in [-0.3, -0.25) is 10.2 Å². The van der Waals surface area contributed by atoms with Crippen molar-refractivity contribution in [2.24, 2.45) is 0 Å². The van der Waals surface area contributed by atoms with Crippen molar-refractivity contribution in [1.29, 1.82) is 5.41 Å². The normalized spacial score (nSPS) is 11.0. The first-order valence-electron chi connectivity index (χ1n) is 6.29. The molecule has 2 N–H and O–H groups in total. The first-order valence-corrected chi connectivity index (χ1v) is 6.29. The Hall–Kier alpha value is -2.89. The van der Waals surface area contributed by atoms with Gasteiger partial charge in [0.1, 0.15) is 16.7 Å². The van der Waals surface area contributed by atoms with E-state index in [0.717, 1.165) is 10.9 Å². The first kappa shape index (κ1) is 13.1. The minimum Gasteiger partial charge on any atom is -0.438 e. The van der Waals surface area contributed by atoms with Crippen LogP contribution in [0.3, 0.4) is 0 Å². The fourth-order valence-corrected chi connectivity index (χ4v) is 2.29. The van der Waals surface area contributed by atoms with Crippen LogP contribution in [0.5, 0.6) is 0 Å². The zero-order valence-corrected chi connectivity index (χ0v) is 11.4. The molecule has 0 bridgehead atoms. The van der Waals surface area contributed by atoms with E-state index in [2.05, 4.69) is 5.32 Å². The molecule has 6 heteroatoms. The second-order valence-corrected chi connectivity index (χ2v) is 4.67. The van der Waals surface area contributed by atoms with Gasteiger partial charge in [0.05, 0.1) is 5.39 Å². The van der Waals surface area contributed by atoms with Gasteiger partial charge in [-0.25, -0.2) is 4.79 Å². The van der Waals surface area contributed by atoms with Crippen LogP contribution in [-0.4, -0.2) is 13.0 Å². The summed E-state index contributed by atoms with van der Waals surface area (Å²) in [5.41, 5.74) is 0.890. The van der Waals surface area contributed by atoms with Crippen LogP contribution in [0.4, 0.5) is 0 Å². The maximum absolute atomic E-state index is 11.8. The molecule has 0 aliphatic rings. The molecule has 0 spiro atoms. The van der Waals surface area contributed by atoms with Crippen LogP contribution < -0.4 is 16.5 Å². The molecule has 0 aliphatic heterocycles. The lowest BCUT2D eigenvalue weighted by atomic mass is 10.1. The largest absolute Gasteiger partial charge is 0.438 e. The molecule has 6 nitrogen and oxygen atoms in total. The van der Waals surface area contributed by atoms with E-state index in [-0.39, 0.29) is 11.1 Å². The lowest BCUT2D eigenvalue weighted by Crippen LogP contribution is -2.24. The van der Waals surface area contributed by atoms with Crippen LogP contribution in [0.1, 0.15) is 15.9 Å². The van der Waals surface area contributed by atoms with Gasteiger partial charge in [-0.1, -0.05) is 0 Å². The van der Waals surface area contributed by atoms with Crippen LogP contribution in [0.25, 0.3) is 21.9 Å². The molecule has 2 aromatic heterocycles. The zero-order chi connectivity index (χ0) is 15.1. The Labute approximate surface area is 118 Å². The molecule has 21 heavy (non-hydrogen) atoms. The number of carbonyl (C=O) groups excluding carboxylic acids is 1. The summed E-state index contributed by atoms with van der Waals surface area (Å²) in [6, 6.07) is 6.36. The molecule has 0 radical (unpaired) electrons. The molecule has 0 atom stereocenters. The van der Waals surface area contributed by atoms with Gasteiger partial charge >= 0.3 is 5.63 Å². The fraction of sp³-hybridized carbons (Fsp3) is 0.133. The standard InChI is InChI=1S/C15H12N2O4/c1-7-5-12(18)21-13-8(7)3-4-11-9(13)6-10(14(16)20-11)15(19)17-2/h3-6,16H,1-2H3,(H,17,19). The molecule has 1 aromatic carbocycles. The minimum atomic E-state index is -0.469. The highest BCUT2D eigenvalue weighted by Crippen LogP contribution is 2.26. The molecular formula is C15H12N2O4. The molecule has 0 saturated carbocycles. The Morgan fingerprint density at radius 1 is 1.19 bits per heavy atom. The van der Waals surface area contributed by atoms with Gasteiger partial charge in [0, 0.05) is 18.5 Å². The van der Waals surface area contributed by atoms with Gasteiger partial charge in [-0.15, -0.1) is 0 Å².